The fourth-order valence-corrected chi connectivity index (χ4v) is 3.71. The van der Waals surface area contributed by atoms with Crippen molar-refractivity contribution < 1.29 is 4.79 Å². The van der Waals surface area contributed by atoms with E-state index in [9.17, 15) is 14.4 Å². The van der Waals surface area contributed by atoms with Crippen LogP contribution in [0.5, 0.6) is 0 Å². The number of pyridine rings is 2. The SMILES string of the molecule is Cn1c(=O)n(Cc2cccc(Br)c2)c(=O)c2cc(C(=O)NCc3cccnc3)ncc21. The van der Waals surface area contributed by atoms with E-state index in [0.29, 0.717) is 5.52 Å². The van der Waals surface area contributed by atoms with Crippen molar-refractivity contribution in [3.63, 3.8) is 0 Å². The van der Waals surface area contributed by atoms with Gasteiger partial charge in [0.2, 0.25) is 0 Å². The van der Waals surface area contributed by atoms with Gasteiger partial charge in [-0.1, -0.05) is 34.1 Å². The van der Waals surface area contributed by atoms with Crippen LogP contribution >= 0.6 is 15.9 Å². The van der Waals surface area contributed by atoms with Crippen LogP contribution in [-0.2, 0) is 20.1 Å². The van der Waals surface area contributed by atoms with E-state index in [-0.39, 0.29) is 24.2 Å². The Morgan fingerprint density at radius 2 is 1.90 bits per heavy atom. The van der Waals surface area contributed by atoms with Gasteiger partial charge in [0, 0.05) is 30.5 Å². The van der Waals surface area contributed by atoms with Crippen molar-refractivity contribution in [2.24, 2.45) is 7.05 Å². The van der Waals surface area contributed by atoms with E-state index in [0.717, 1.165) is 20.2 Å². The predicted molar refractivity (Wildman–Crippen MR) is 120 cm³/mol. The molecule has 1 N–H and O–H groups in total. The molecule has 31 heavy (non-hydrogen) atoms. The van der Waals surface area contributed by atoms with Gasteiger partial charge in [-0.15, -0.1) is 0 Å². The van der Waals surface area contributed by atoms with Gasteiger partial charge >= 0.3 is 5.69 Å². The summed E-state index contributed by atoms with van der Waals surface area (Å²) in [5, 5.41) is 3.01. The number of nitrogens with one attached hydrogen (secondary N) is 1. The van der Waals surface area contributed by atoms with Gasteiger partial charge in [0.1, 0.15) is 5.69 Å². The summed E-state index contributed by atoms with van der Waals surface area (Å²) in [5.74, 6) is -0.419. The normalized spacial score (nSPS) is 10.9. The predicted octanol–water partition coefficient (Wildman–Crippen LogP) is 2.23. The maximum Gasteiger partial charge on any atom is 0.331 e. The molecule has 4 rings (SSSR count). The van der Waals surface area contributed by atoms with Crippen LogP contribution in [0, 0.1) is 0 Å². The molecule has 0 spiro atoms. The lowest BCUT2D eigenvalue weighted by molar-refractivity contribution is 0.0946. The molecule has 3 aromatic heterocycles. The van der Waals surface area contributed by atoms with Crippen molar-refractivity contribution in [1.29, 1.82) is 0 Å². The fraction of sp³-hybridized carbons (Fsp3) is 0.136. The van der Waals surface area contributed by atoms with Crippen molar-refractivity contribution >= 4 is 32.7 Å². The second-order valence-corrected chi connectivity index (χ2v) is 7.91. The first kappa shape index (κ1) is 20.7. The summed E-state index contributed by atoms with van der Waals surface area (Å²) >= 11 is 3.40. The Morgan fingerprint density at radius 3 is 2.65 bits per heavy atom. The molecule has 0 saturated carbocycles. The molecular formula is C22H18BrN5O3. The molecule has 3 heterocycles. The summed E-state index contributed by atoms with van der Waals surface area (Å²) in [5.41, 5.74) is 1.19. The Labute approximate surface area is 185 Å². The maximum absolute atomic E-state index is 13.1. The van der Waals surface area contributed by atoms with Gasteiger partial charge in [-0.2, -0.15) is 0 Å². The van der Waals surface area contributed by atoms with Crippen molar-refractivity contribution in [2.75, 3.05) is 0 Å². The first-order valence-electron chi connectivity index (χ1n) is 9.45. The quantitative estimate of drug-likeness (QED) is 0.473. The molecule has 8 nitrogen and oxygen atoms in total. The Bertz CT molecular complexity index is 1400. The number of carbonyl (C=O) groups is 1. The first-order chi connectivity index (χ1) is 14.9. The minimum absolute atomic E-state index is 0.0983. The number of fused-ring (bicyclic) bond motifs is 1. The van der Waals surface area contributed by atoms with E-state index in [1.165, 1.54) is 16.8 Å². The van der Waals surface area contributed by atoms with E-state index in [2.05, 4.69) is 31.2 Å². The number of rotatable bonds is 5. The number of carbonyl (C=O) groups excluding carboxylic acids is 1. The highest BCUT2D eigenvalue weighted by Gasteiger charge is 2.15. The second-order valence-electron chi connectivity index (χ2n) is 6.99. The number of benzene rings is 1. The molecule has 0 fully saturated rings. The summed E-state index contributed by atoms with van der Waals surface area (Å²) in [6, 6.07) is 12.4. The van der Waals surface area contributed by atoms with Crippen molar-refractivity contribution in [1.82, 2.24) is 24.4 Å². The van der Waals surface area contributed by atoms with Crippen molar-refractivity contribution in [3.05, 3.63) is 103 Å². The summed E-state index contributed by atoms with van der Waals surface area (Å²) in [7, 11) is 1.57. The van der Waals surface area contributed by atoms with Gasteiger partial charge < -0.3 is 5.32 Å². The largest absolute Gasteiger partial charge is 0.347 e. The van der Waals surface area contributed by atoms with Crippen LogP contribution in [0.15, 0.2) is 75.1 Å². The molecule has 9 heteroatoms. The van der Waals surface area contributed by atoms with E-state index in [1.54, 1.807) is 25.5 Å². The number of halogens is 1. The second kappa shape index (κ2) is 8.65. The third-order valence-corrected chi connectivity index (χ3v) is 5.37. The van der Waals surface area contributed by atoms with Crippen molar-refractivity contribution in [2.45, 2.75) is 13.1 Å². The lowest BCUT2D eigenvalue weighted by Gasteiger charge is -2.12. The molecule has 0 atom stereocenters. The molecule has 0 aliphatic heterocycles. The van der Waals surface area contributed by atoms with Crippen LogP contribution in [0.3, 0.4) is 0 Å². The van der Waals surface area contributed by atoms with Crippen LogP contribution in [0.4, 0.5) is 0 Å². The number of hydrogen-bond donors (Lipinski definition) is 1. The molecular weight excluding hydrogens is 462 g/mol. The van der Waals surface area contributed by atoms with Crippen LogP contribution < -0.4 is 16.6 Å². The highest BCUT2D eigenvalue weighted by Crippen LogP contribution is 2.13. The average molecular weight is 480 g/mol. The third kappa shape index (κ3) is 4.31. The summed E-state index contributed by atoms with van der Waals surface area (Å²) in [4.78, 5) is 46.6. The molecule has 0 aliphatic carbocycles. The molecule has 0 saturated heterocycles. The van der Waals surface area contributed by atoms with E-state index >= 15 is 0 Å². The van der Waals surface area contributed by atoms with Crippen LogP contribution in [-0.4, -0.2) is 25.0 Å². The molecule has 0 unspecified atom stereocenters. The Balaban J connectivity index is 1.70. The molecule has 0 bridgehead atoms. The molecule has 1 amide bonds. The van der Waals surface area contributed by atoms with Gasteiger partial charge in [0.05, 0.1) is 23.6 Å². The number of hydrogen-bond acceptors (Lipinski definition) is 5. The maximum atomic E-state index is 13.1. The fourth-order valence-electron chi connectivity index (χ4n) is 3.26. The smallest absolute Gasteiger partial charge is 0.331 e. The summed E-state index contributed by atoms with van der Waals surface area (Å²) in [6.45, 7) is 0.401. The molecule has 0 aliphatic rings. The lowest BCUT2D eigenvalue weighted by atomic mass is 10.2. The van der Waals surface area contributed by atoms with Crippen molar-refractivity contribution in [3.8, 4) is 0 Å². The van der Waals surface area contributed by atoms with E-state index in [1.807, 2.05) is 30.3 Å². The Morgan fingerprint density at radius 1 is 1.10 bits per heavy atom. The first-order valence-corrected chi connectivity index (χ1v) is 10.2. The zero-order valence-electron chi connectivity index (χ0n) is 16.6. The molecule has 0 radical (unpaired) electrons. The lowest BCUT2D eigenvalue weighted by Crippen LogP contribution is -2.39. The summed E-state index contributed by atoms with van der Waals surface area (Å²) in [6.07, 6.45) is 4.69. The number of amides is 1. The van der Waals surface area contributed by atoms with Crippen LogP contribution in [0.25, 0.3) is 10.9 Å². The number of aromatic nitrogens is 4. The minimum atomic E-state index is -0.471. The topological polar surface area (TPSA) is 98.9 Å². The number of aryl methyl sites for hydroxylation is 1. The van der Waals surface area contributed by atoms with E-state index < -0.39 is 17.2 Å². The monoisotopic (exact) mass is 479 g/mol. The summed E-state index contributed by atoms with van der Waals surface area (Å²) < 4.78 is 3.37. The zero-order valence-corrected chi connectivity index (χ0v) is 18.2. The molecule has 1 aromatic carbocycles. The standard InChI is InChI=1S/C22H18BrN5O3/c1-27-19-12-25-18(20(29)26-11-15-5-3-7-24-10-15)9-17(19)21(30)28(22(27)31)13-14-4-2-6-16(23)8-14/h2-10,12H,11,13H2,1H3,(H,26,29). The Kier molecular flexibility index (Phi) is 5.77. The zero-order chi connectivity index (χ0) is 22.0. The van der Waals surface area contributed by atoms with Gasteiger partial charge in [-0.25, -0.2) is 9.78 Å². The van der Waals surface area contributed by atoms with Gasteiger partial charge in [0.15, 0.2) is 0 Å². The molecule has 156 valence electrons. The minimum Gasteiger partial charge on any atom is -0.347 e. The van der Waals surface area contributed by atoms with E-state index in [4.69, 9.17) is 0 Å². The van der Waals surface area contributed by atoms with Gasteiger partial charge in [-0.05, 0) is 35.4 Å². The highest BCUT2D eigenvalue weighted by atomic mass is 79.9. The van der Waals surface area contributed by atoms with Gasteiger partial charge in [0.25, 0.3) is 11.5 Å². The highest BCUT2D eigenvalue weighted by molar-refractivity contribution is 9.10. The number of nitrogens with zero attached hydrogens (tertiary/aromatic N) is 4. The molecule has 4 aromatic rings. The average Bonchev–Trinajstić information content (AvgIpc) is 2.79. The van der Waals surface area contributed by atoms with Crippen LogP contribution in [0.1, 0.15) is 21.6 Å². The van der Waals surface area contributed by atoms with Gasteiger partial charge in [-0.3, -0.25) is 23.7 Å². The Hall–Kier alpha value is -3.59. The van der Waals surface area contributed by atoms with Crippen LogP contribution in [0.2, 0.25) is 0 Å². The third-order valence-electron chi connectivity index (χ3n) is 4.88.